The lowest BCUT2D eigenvalue weighted by molar-refractivity contribution is -0.160. The summed E-state index contributed by atoms with van der Waals surface area (Å²) in [5.41, 5.74) is -1.24. The maximum atomic E-state index is 12.4. The van der Waals surface area contributed by atoms with Gasteiger partial charge in [-0.1, -0.05) is 18.2 Å². The zero-order valence-corrected chi connectivity index (χ0v) is 12.7. The Hall–Kier alpha value is -2.08. The number of likely N-dealkylation sites (tertiary alicyclic amines) is 1. The molecular weight excluding hydrogens is 286 g/mol. The number of aliphatic carboxylic acids is 1. The molecule has 1 aliphatic rings. The third-order valence-corrected chi connectivity index (χ3v) is 3.90. The van der Waals surface area contributed by atoms with Gasteiger partial charge in [0, 0.05) is 13.7 Å². The van der Waals surface area contributed by atoms with Crippen LogP contribution >= 0.6 is 0 Å². The lowest BCUT2D eigenvalue weighted by Crippen LogP contribution is -2.56. The summed E-state index contributed by atoms with van der Waals surface area (Å²) < 4.78 is 10.5. The number of carboxylic acids is 1. The number of amides is 1. The molecule has 0 aromatic heterocycles. The average Bonchev–Trinajstić information content (AvgIpc) is 2.94. The molecule has 1 saturated heterocycles. The van der Waals surface area contributed by atoms with Crippen LogP contribution in [0.1, 0.15) is 19.3 Å². The van der Waals surface area contributed by atoms with Gasteiger partial charge in [-0.25, -0.2) is 4.79 Å². The van der Waals surface area contributed by atoms with Gasteiger partial charge in [0.15, 0.2) is 5.54 Å². The minimum absolute atomic E-state index is 0.00756. The molecule has 0 aliphatic carbocycles. The van der Waals surface area contributed by atoms with E-state index >= 15 is 0 Å². The topological polar surface area (TPSA) is 76.1 Å². The van der Waals surface area contributed by atoms with Crippen LogP contribution < -0.4 is 4.74 Å². The predicted molar refractivity (Wildman–Crippen MR) is 79.7 cm³/mol. The molecule has 2 rings (SSSR count). The highest BCUT2D eigenvalue weighted by Gasteiger charge is 2.49. The van der Waals surface area contributed by atoms with E-state index < -0.39 is 11.5 Å². The summed E-state index contributed by atoms with van der Waals surface area (Å²) in [4.78, 5) is 25.4. The molecule has 22 heavy (non-hydrogen) atoms. The number of carbonyl (C=O) groups excluding carboxylic acids is 1. The van der Waals surface area contributed by atoms with E-state index in [-0.39, 0.29) is 25.5 Å². The van der Waals surface area contributed by atoms with E-state index in [0.29, 0.717) is 25.1 Å². The average molecular weight is 307 g/mol. The molecule has 120 valence electrons. The highest BCUT2D eigenvalue weighted by Crippen LogP contribution is 2.30. The summed E-state index contributed by atoms with van der Waals surface area (Å²) in [6.07, 6.45) is 1.23. The highest BCUT2D eigenvalue weighted by atomic mass is 16.5. The number of hydrogen-bond acceptors (Lipinski definition) is 4. The van der Waals surface area contributed by atoms with Gasteiger partial charge in [0.1, 0.15) is 5.75 Å². The quantitative estimate of drug-likeness (QED) is 0.827. The predicted octanol–water partition coefficient (Wildman–Crippen LogP) is 1.55. The second-order valence-corrected chi connectivity index (χ2v) is 5.33. The highest BCUT2D eigenvalue weighted by molar-refractivity contribution is 5.88. The van der Waals surface area contributed by atoms with Gasteiger partial charge < -0.3 is 19.5 Å². The molecule has 1 amide bonds. The molecule has 0 saturated carbocycles. The molecule has 1 aromatic rings. The Labute approximate surface area is 129 Å². The Morgan fingerprint density at radius 2 is 2.05 bits per heavy atom. The van der Waals surface area contributed by atoms with Crippen LogP contribution in [0.5, 0.6) is 5.75 Å². The summed E-state index contributed by atoms with van der Waals surface area (Å²) >= 11 is 0. The molecule has 1 aromatic carbocycles. The SMILES string of the molecule is COCC1(C(=O)O)CCCN1C(=O)CCOc1ccccc1. The minimum Gasteiger partial charge on any atom is -0.493 e. The monoisotopic (exact) mass is 307 g/mol. The third-order valence-electron chi connectivity index (χ3n) is 3.90. The second kappa shape index (κ2) is 7.26. The molecule has 1 aliphatic heterocycles. The summed E-state index contributed by atoms with van der Waals surface area (Å²) in [7, 11) is 1.45. The summed E-state index contributed by atoms with van der Waals surface area (Å²) in [5, 5.41) is 9.51. The van der Waals surface area contributed by atoms with Crippen molar-refractivity contribution < 1.29 is 24.2 Å². The fourth-order valence-electron chi connectivity index (χ4n) is 2.82. The first-order chi connectivity index (χ1) is 10.6. The van der Waals surface area contributed by atoms with E-state index in [1.165, 1.54) is 12.0 Å². The van der Waals surface area contributed by atoms with Crippen LogP contribution in [-0.2, 0) is 14.3 Å². The van der Waals surface area contributed by atoms with E-state index in [2.05, 4.69) is 0 Å². The fourth-order valence-corrected chi connectivity index (χ4v) is 2.82. The molecule has 1 atom stereocenters. The second-order valence-electron chi connectivity index (χ2n) is 5.33. The van der Waals surface area contributed by atoms with Gasteiger partial charge in [0.05, 0.1) is 19.6 Å². The van der Waals surface area contributed by atoms with E-state index in [9.17, 15) is 14.7 Å². The maximum absolute atomic E-state index is 12.4. The van der Waals surface area contributed by atoms with Gasteiger partial charge >= 0.3 is 5.97 Å². The first kappa shape index (κ1) is 16.3. The van der Waals surface area contributed by atoms with Crippen LogP contribution in [-0.4, -0.2) is 54.3 Å². The Balaban J connectivity index is 1.94. The largest absolute Gasteiger partial charge is 0.493 e. The number of para-hydroxylation sites is 1. The number of carbonyl (C=O) groups is 2. The van der Waals surface area contributed by atoms with Crippen LogP contribution in [0.2, 0.25) is 0 Å². The Morgan fingerprint density at radius 3 is 2.68 bits per heavy atom. The first-order valence-electron chi connectivity index (χ1n) is 7.31. The van der Waals surface area contributed by atoms with Crippen LogP contribution in [0.25, 0.3) is 0 Å². The first-order valence-corrected chi connectivity index (χ1v) is 7.31. The van der Waals surface area contributed by atoms with Crippen molar-refractivity contribution in [2.24, 2.45) is 0 Å². The van der Waals surface area contributed by atoms with Crippen molar-refractivity contribution in [3.05, 3.63) is 30.3 Å². The van der Waals surface area contributed by atoms with Crippen molar-refractivity contribution in [2.75, 3.05) is 26.9 Å². The molecule has 0 spiro atoms. The van der Waals surface area contributed by atoms with Crippen molar-refractivity contribution in [3.63, 3.8) is 0 Å². The number of ether oxygens (including phenoxy) is 2. The number of carboxylic acid groups (broad SMARTS) is 1. The van der Waals surface area contributed by atoms with Gasteiger partial charge in [-0.2, -0.15) is 0 Å². The Bertz CT molecular complexity index is 519. The van der Waals surface area contributed by atoms with Gasteiger partial charge in [-0.15, -0.1) is 0 Å². The number of rotatable bonds is 7. The van der Waals surface area contributed by atoms with E-state index in [1.807, 2.05) is 30.3 Å². The molecule has 6 heteroatoms. The van der Waals surface area contributed by atoms with Crippen LogP contribution in [0, 0.1) is 0 Å². The normalized spacial score (nSPS) is 20.9. The van der Waals surface area contributed by atoms with Gasteiger partial charge in [-0.05, 0) is 25.0 Å². The van der Waals surface area contributed by atoms with Crippen molar-refractivity contribution >= 4 is 11.9 Å². The molecular formula is C16H21NO5. The Kier molecular flexibility index (Phi) is 5.38. The third kappa shape index (κ3) is 3.39. The van der Waals surface area contributed by atoms with Gasteiger partial charge in [0.2, 0.25) is 5.91 Å². The molecule has 1 unspecified atom stereocenters. The van der Waals surface area contributed by atoms with Crippen LogP contribution in [0.4, 0.5) is 0 Å². The van der Waals surface area contributed by atoms with Crippen molar-refractivity contribution in [2.45, 2.75) is 24.8 Å². The minimum atomic E-state index is -1.24. The lowest BCUT2D eigenvalue weighted by atomic mass is 9.97. The van der Waals surface area contributed by atoms with Crippen LogP contribution in [0.3, 0.4) is 0 Å². The molecule has 0 radical (unpaired) electrons. The van der Waals surface area contributed by atoms with Crippen molar-refractivity contribution in [3.8, 4) is 5.75 Å². The molecule has 0 bridgehead atoms. The van der Waals surface area contributed by atoms with Gasteiger partial charge in [0.25, 0.3) is 0 Å². The molecule has 1 heterocycles. The molecule has 6 nitrogen and oxygen atoms in total. The van der Waals surface area contributed by atoms with E-state index in [0.717, 1.165) is 0 Å². The zero-order valence-electron chi connectivity index (χ0n) is 12.7. The summed E-state index contributed by atoms with van der Waals surface area (Å²) in [6, 6.07) is 9.21. The van der Waals surface area contributed by atoms with Crippen molar-refractivity contribution in [1.29, 1.82) is 0 Å². The smallest absolute Gasteiger partial charge is 0.332 e. The van der Waals surface area contributed by atoms with E-state index in [4.69, 9.17) is 9.47 Å². The standard InChI is InChI=1S/C16H21NO5/c1-21-12-16(15(19)20)9-5-10-17(16)14(18)8-11-22-13-6-3-2-4-7-13/h2-4,6-7H,5,8-12H2,1H3,(H,19,20). The fraction of sp³-hybridized carbons (Fsp3) is 0.500. The van der Waals surface area contributed by atoms with E-state index in [1.54, 1.807) is 0 Å². The van der Waals surface area contributed by atoms with Crippen molar-refractivity contribution in [1.82, 2.24) is 4.90 Å². The number of nitrogens with zero attached hydrogens (tertiary/aromatic N) is 1. The molecule has 1 fully saturated rings. The number of hydrogen-bond donors (Lipinski definition) is 1. The number of benzene rings is 1. The van der Waals surface area contributed by atoms with Crippen LogP contribution in [0.15, 0.2) is 30.3 Å². The summed E-state index contributed by atoms with van der Waals surface area (Å²) in [6.45, 7) is 0.676. The molecule has 1 N–H and O–H groups in total. The Morgan fingerprint density at radius 1 is 1.32 bits per heavy atom. The summed E-state index contributed by atoms with van der Waals surface area (Å²) in [5.74, 6) is -0.532. The maximum Gasteiger partial charge on any atom is 0.332 e. The van der Waals surface area contributed by atoms with Gasteiger partial charge in [-0.3, -0.25) is 4.79 Å². The zero-order chi connectivity index (χ0) is 16.0. The number of methoxy groups -OCH3 is 1. The lowest BCUT2D eigenvalue weighted by Gasteiger charge is -2.34.